The van der Waals surface area contributed by atoms with Gasteiger partial charge in [0.2, 0.25) is 11.2 Å². The zero-order chi connectivity index (χ0) is 24.7. The molecule has 0 amide bonds. The highest BCUT2D eigenvalue weighted by Crippen LogP contribution is 2.30. The van der Waals surface area contributed by atoms with E-state index < -0.39 is 0 Å². The van der Waals surface area contributed by atoms with Gasteiger partial charge >= 0.3 is 0 Å². The van der Waals surface area contributed by atoms with Gasteiger partial charge in [0.15, 0.2) is 0 Å². The maximum absolute atomic E-state index is 5.87. The highest BCUT2D eigenvalue weighted by Gasteiger charge is 2.11. The molecule has 0 aliphatic rings. The molecule has 36 heavy (non-hydrogen) atoms. The van der Waals surface area contributed by atoms with Crippen molar-refractivity contribution in [2.24, 2.45) is 7.05 Å². The van der Waals surface area contributed by atoms with Gasteiger partial charge in [0.05, 0.1) is 33.0 Å². The molecular weight excluding hydrogens is 448 g/mol. The number of fused-ring (bicyclic) bond motifs is 4. The summed E-state index contributed by atoms with van der Waals surface area (Å²) in [4.78, 5) is 0. The number of methoxy groups -OCH3 is 1. The lowest BCUT2D eigenvalue weighted by Gasteiger charge is -2.09. The van der Waals surface area contributed by atoms with Crippen LogP contribution >= 0.6 is 0 Å². The van der Waals surface area contributed by atoms with E-state index in [2.05, 4.69) is 107 Å². The van der Waals surface area contributed by atoms with Crippen molar-refractivity contribution in [3.8, 4) is 0 Å². The Labute approximate surface area is 212 Å². The van der Waals surface area contributed by atoms with Crippen molar-refractivity contribution in [1.82, 2.24) is 4.57 Å². The lowest BCUT2D eigenvalue weighted by atomic mass is 10.1. The Morgan fingerprint density at radius 3 is 2.36 bits per heavy atom. The minimum Gasteiger partial charge on any atom is -0.382 e. The molecule has 2 heterocycles. The number of aryl methyl sites for hydroxylation is 1. The molecule has 5 nitrogen and oxygen atoms in total. The predicted octanol–water partition coefficient (Wildman–Crippen LogP) is 5.62. The number of hydrogen-bond acceptors (Lipinski definition) is 3. The Bertz CT molecular complexity index is 1500. The van der Waals surface area contributed by atoms with E-state index in [1.165, 1.54) is 38.3 Å². The molecule has 0 radical (unpaired) electrons. The standard InChI is InChI=1S/C31H33N2O3/c1-32-26(15-13-25-7-3-5-9-29(25)32)14-11-24-12-16-28-27-8-4-6-10-30(27)33(31(28)23-24)17-18-35-21-22-36-20-19-34-2/h3-16,23H,17-22H2,1-2H3/q+1. The van der Waals surface area contributed by atoms with Gasteiger partial charge in [-0.2, -0.15) is 4.57 Å². The van der Waals surface area contributed by atoms with E-state index in [1.54, 1.807) is 7.11 Å². The highest BCUT2D eigenvalue weighted by molar-refractivity contribution is 6.08. The smallest absolute Gasteiger partial charge is 0.212 e. The number of ether oxygens (including phenoxy) is 3. The normalized spacial score (nSPS) is 11.9. The molecule has 184 valence electrons. The van der Waals surface area contributed by atoms with Gasteiger partial charge < -0.3 is 18.8 Å². The van der Waals surface area contributed by atoms with Crippen LogP contribution in [0.15, 0.2) is 78.9 Å². The molecule has 5 rings (SSSR count). The minimum atomic E-state index is 0.581. The molecule has 5 heteroatoms. The number of aromatic nitrogens is 2. The fourth-order valence-corrected chi connectivity index (χ4v) is 4.74. The quantitative estimate of drug-likeness (QED) is 0.181. The van der Waals surface area contributed by atoms with Crippen molar-refractivity contribution in [3.63, 3.8) is 0 Å². The second-order valence-corrected chi connectivity index (χ2v) is 8.87. The van der Waals surface area contributed by atoms with E-state index in [0.717, 1.165) is 12.2 Å². The summed E-state index contributed by atoms with van der Waals surface area (Å²) in [5, 5.41) is 3.78. The van der Waals surface area contributed by atoms with Gasteiger partial charge in [-0.1, -0.05) is 42.5 Å². The molecule has 0 aliphatic carbocycles. The average Bonchev–Trinajstić information content (AvgIpc) is 3.23. The average molecular weight is 482 g/mol. The molecule has 0 saturated carbocycles. The van der Waals surface area contributed by atoms with Crippen LogP contribution in [0.3, 0.4) is 0 Å². The van der Waals surface area contributed by atoms with Crippen molar-refractivity contribution >= 4 is 44.9 Å². The molecule has 0 spiro atoms. The van der Waals surface area contributed by atoms with E-state index in [4.69, 9.17) is 14.2 Å². The molecule has 5 aromatic rings. The Hall–Kier alpha value is -3.51. The fraction of sp³-hybridized carbons (Fsp3) is 0.258. The first kappa shape index (κ1) is 24.2. The summed E-state index contributed by atoms with van der Waals surface area (Å²) in [6.07, 6.45) is 4.38. The first-order chi connectivity index (χ1) is 17.8. The van der Waals surface area contributed by atoms with Gasteiger partial charge in [-0.15, -0.1) is 0 Å². The summed E-state index contributed by atoms with van der Waals surface area (Å²) in [6, 6.07) is 28.1. The minimum absolute atomic E-state index is 0.581. The number of nitrogens with zero attached hydrogens (tertiary/aromatic N) is 2. The maximum Gasteiger partial charge on any atom is 0.212 e. The Kier molecular flexibility index (Phi) is 7.72. The molecule has 0 aliphatic heterocycles. The number of benzene rings is 3. The number of hydrogen-bond donors (Lipinski definition) is 0. The SMILES string of the molecule is COCCOCCOCCn1c2ccccc2c2ccc(/C=C/c3ccc4ccccc4[n+]3C)cc21. The second-order valence-electron chi connectivity index (χ2n) is 8.87. The van der Waals surface area contributed by atoms with Crippen molar-refractivity contribution in [1.29, 1.82) is 0 Å². The van der Waals surface area contributed by atoms with Crippen LogP contribution in [0, 0.1) is 0 Å². The number of rotatable bonds is 11. The molecule has 3 aromatic carbocycles. The fourth-order valence-electron chi connectivity index (χ4n) is 4.74. The lowest BCUT2D eigenvalue weighted by molar-refractivity contribution is -0.646. The summed E-state index contributed by atoms with van der Waals surface area (Å²) in [5.74, 6) is 0. The van der Waals surface area contributed by atoms with E-state index in [9.17, 15) is 0 Å². The van der Waals surface area contributed by atoms with Crippen LogP contribution in [-0.2, 0) is 27.8 Å². The van der Waals surface area contributed by atoms with Gasteiger partial charge in [-0.3, -0.25) is 0 Å². The summed E-state index contributed by atoms with van der Waals surface area (Å²) < 4.78 is 21.0. The molecule has 0 bridgehead atoms. The van der Waals surface area contributed by atoms with Gasteiger partial charge in [-0.25, -0.2) is 0 Å². The zero-order valence-electron chi connectivity index (χ0n) is 21.0. The summed E-state index contributed by atoms with van der Waals surface area (Å²) >= 11 is 0. The van der Waals surface area contributed by atoms with E-state index in [1.807, 2.05) is 0 Å². The molecule has 0 fully saturated rings. The second kappa shape index (κ2) is 11.5. The van der Waals surface area contributed by atoms with Gasteiger partial charge in [0, 0.05) is 59.1 Å². The Morgan fingerprint density at radius 2 is 1.47 bits per heavy atom. The largest absolute Gasteiger partial charge is 0.382 e. The third kappa shape index (κ3) is 5.19. The first-order valence-electron chi connectivity index (χ1n) is 12.5. The maximum atomic E-state index is 5.87. The van der Waals surface area contributed by atoms with E-state index in [-0.39, 0.29) is 0 Å². The van der Waals surface area contributed by atoms with Crippen LogP contribution in [0.5, 0.6) is 0 Å². The van der Waals surface area contributed by atoms with Crippen LogP contribution in [0.1, 0.15) is 11.3 Å². The van der Waals surface area contributed by atoms with Gasteiger partial charge in [0.25, 0.3) is 0 Å². The number of para-hydroxylation sites is 2. The zero-order valence-corrected chi connectivity index (χ0v) is 21.0. The molecule has 0 atom stereocenters. The van der Waals surface area contributed by atoms with Crippen LogP contribution in [0.2, 0.25) is 0 Å². The van der Waals surface area contributed by atoms with E-state index >= 15 is 0 Å². The molecule has 0 N–H and O–H groups in total. The molecular formula is C31H33N2O3+. The predicted molar refractivity (Wildman–Crippen MR) is 147 cm³/mol. The monoisotopic (exact) mass is 481 g/mol. The third-order valence-electron chi connectivity index (χ3n) is 6.63. The Balaban J connectivity index is 1.37. The summed E-state index contributed by atoms with van der Waals surface area (Å²) in [5.41, 5.74) is 6.01. The molecule has 2 aromatic heterocycles. The van der Waals surface area contributed by atoms with Gasteiger partial charge in [0.1, 0.15) is 7.05 Å². The van der Waals surface area contributed by atoms with Gasteiger partial charge in [-0.05, 0) is 35.9 Å². The van der Waals surface area contributed by atoms with Crippen LogP contribution in [0.25, 0.3) is 44.9 Å². The third-order valence-corrected chi connectivity index (χ3v) is 6.63. The van der Waals surface area contributed by atoms with Crippen molar-refractivity contribution in [2.75, 3.05) is 40.1 Å². The Morgan fingerprint density at radius 1 is 0.722 bits per heavy atom. The highest BCUT2D eigenvalue weighted by atomic mass is 16.5. The van der Waals surface area contributed by atoms with Crippen molar-refractivity contribution < 1.29 is 18.8 Å². The summed E-state index contributed by atoms with van der Waals surface area (Å²) in [6.45, 7) is 3.79. The van der Waals surface area contributed by atoms with Crippen LogP contribution in [0.4, 0.5) is 0 Å². The summed E-state index contributed by atoms with van der Waals surface area (Å²) in [7, 11) is 3.79. The lowest BCUT2D eigenvalue weighted by Crippen LogP contribution is -2.32. The van der Waals surface area contributed by atoms with Crippen LogP contribution in [-0.4, -0.2) is 44.7 Å². The van der Waals surface area contributed by atoms with Crippen molar-refractivity contribution in [2.45, 2.75) is 6.54 Å². The first-order valence-corrected chi connectivity index (χ1v) is 12.5. The molecule has 0 unspecified atom stereocenters. The topological polar surface area (TPSA) is 36.5 Å². The van der Waals surface area contributed by atoms with Crippen molar-refractivity contribution in [3.05, 3.63) is 90.1 Å². The van der Waals surface area contributed by atoms with E-state index in [0.29, 0.717) is 33.0 Å². The molecule has 0 saturated heterocycles. The number of pyridine rings is 1. The van der Waals surface area contributed by atoms with Crippen LogP contribution < -0.4 is 4.57 Å².